The molecule has 3 amide bonds. The lowest BCUT2D eigenvalue weighted by molar-refractivity contribution is -0.125. The van der Waals surface area contributed by atoms with Crippen LogP contribution in [0, 0.1) is 11.8 Å². The summed E-state index contributed by atoms with van der Waals surface area (Å²) in [4.78, 5) is 27.5. The molecule has 7 nitrogen and oxygen atoms in total. The fourth-order valence-electron chi connectivity index (χ4n) is 3.52. The van der Waals surface area contributed by atoms with E-state index >= 15 is 0 Å². The number of amides is 3. The smallest absolute Gasteiger partial charge is 0.317 e. The van der Waals surface area contributed by atoms with Gasteiger partial charge in [0.1, 0.15) is 11.5 Å². The zero-order valence-corrected chi connectivity index (χ0v) is 18.7. The van der Waals surface area contributed by atoms with E-state index in [-0.39, 0.29) is 29.3 Å². The predicted molar refractivity (Wildman–Crippen MR) is 113 cm³/mol. The van der Waals surface area contributed by atoms with Crippen LogP contribution in [0.1, 0.15) is 46.1 Å². The van der Waals surface area contributed by atoms with Crippen LogP contribution in [0.5, 0.6) is 11.5 Å². The number of nitrogens with zero attached hydrogens (tertiary/aromatic N) is 1. The number of hydrogen-bond donors (Lipinski definition) is 2. The summed E-state index contributed by atoms with van der Waals surface area (Å²) in [6.07, 6.45) is 0. The maximum absolute atomic E-state index is 13.0. The van der Waals surface area contributed by atoms with Gasteiger partial charge in [-0.1, -0.05) is 13.8 Å². The quantitative estimate of drug-likeness (QED) is 0.763. The lowest BCUT2D eigenvalue weighted by atomic mass is 9.87. The summed E-state index contributed by atoms with van der Waals surface area (Å²) in [5.41, 5.74) is 0.528. The van der Waals surface area contributed by atoms with Crippen molar-refractivity contribution in [3.05, 3.63) is 23.8 Å². The fourth-order valence-corrected chi connectivity index (χ4v) is 3.52. The average molecular weight is 406 g/mol. The van der Waals surface area contributed by atoms with Gasteiger partial charge in [-0.25, -0.2) is 4.79 Å². The first-order chi connectivity index (χ1) is 13.6. The molecule has 2 N–H and O–H groups in total. The number of carbonyl (C=O) groups is 2. The van der Waals surface area contributed by atoms with Crippen LogP contribution >= 0.6 is 0 Å². The van der Waals surface area contributed by atoms with Crippen molar-refractivity contribution in [1.29, 1.82) is 0 Å². The van der Waals surface area contributed by atoms with E-state index in [0.29, 0.717) is 37.1 Å². The predicted octanol–water partition coefficient (Wildman–Crippen LogP) is 3.00. The van der Waals surface area contributed by atoms with E-state index in [1.807, 2.05) is 39.0 Å². The molecule has 0 aliphatic carbocycles. The maximum Gasteiger partial charge on any atom is 0.317 e. The van der Waals surface area contributed by atoms with E-state index in [1.165, 1.54) is 0 Å². The molecule has 7 heteroatoms. The molecule has 0 saturated carbocycles. The van der Waals surface area contributed by atoms with Crippen LogP contribution in [-0.4, -0.2) is 56.2 Å². The van der Waals surface area contributed by atoms with Gasteiger partial charge in [0.05, 0.1) is 20.1 Å². The number of rotatable bonds is 6. The molecule has 1 heterocycles. The molecule has 1 aliphatic rings. The van der Waals surface area contributed by atoms with Crippen LogP contribution in [0.4, 0.5) is 4.79 Å². The maximum atomic E-state index is 13.0. The van der Waals surface area contributed by atoms with Crippen LogP contribution < -0.4 is 20.1 Å². The monoisotopic (exact) mass is 405 g/mol. The summed E-state index contributed by atoms with van der Waals surface area (Å²) < 4.78 is 10.9. The lowest BCUT2D eigenvalue weighted by Crippen LogP contribution is -2.48. The number of nitrogens with one attached hydrogen (secondary N) is 2. The number of carbonyl (C=O) groups excluding carboxylic acids is 2. The second-order valence-electron chi connectivity index (χ2n) is 9.05. The van der Waals surface area contributed by atoms with Crippen molar-refractivity contribution in [3.63, 3.8) is 0 Å². The molecule has 1 aromatic rings. The number of urea groups is 1. The number of hydrogen-bond acceptors (Lipinski definition) is 4. The van der Waals surface area contributed by atoms with E-state index in [4.69, 9.17) is 9.47 Å². The molecule has 2 rings (SSSR count). The topological polar surface area (TPSA) is 79.9 Å². The van der Waals surface area contributed by atoms with Crippen LogP contribution in [0.15, 0.2) is 18.2 Å². The highest BCUT2D eigenvalue weighted by Crippen LogP contribution is 2.39. The lowest BCUT2D eigenvalue weighted by Gasteiger charge is -2.25. The molecule has 1 fully saturated rings. The van der Waals surface area contributed by atoms with Crippen LogP contribution in [0.25, 0.3) is 0 Å². The second-order valence-corrected chi connectivity index (χ2v) is 9.05. The van der Waals surface area contributed by atoms with Crippen molar-refractivity contribution in [2.45, 2.75) is 46.1 Å². The van der Waals surface area contributed by atoms with Gasteiger partial charge in [0.25, 0.3) is 0 Å². The number of likely N-dealkylation sites (tertiary alicyclic amines) is 1. The molecule has 1 aromatic carbocycles. The molecule has 0 unspecified atom stereocenters. The zero-order chi connectivity index (χ0) is 21.8. The molecule has 2 atom stereocenters. The largest absolute Gasteiger partial charge is 0.497 e. The SMILES string of the molecule is COc1ccc(OC)c([C@H]2CN(C(=O)NC(C)(C)C)C[C@@H]2C(=O)NCC(C)C)c1. The van der Waals surface area contributed by atoms with Crippen molar-refractivity contribution < 1.29 is 19.1 Å². The van der Waals surface area contributed by atoms with E-state index in [1.54, 1.807) is 19.1 Å². The summed E-state index contributed by atoms with van der Waals surface area (Å²) in [5, 5.41) is 6.02. The Morgan fingerprint density at radius 2 is 1.86 bits per heavy atom. The van der Waals surface area contributed by atoms with Gasteiger partial charge in [0, 0.05) is 36.7 Å². The first-order valence-electron chi connectivity index (χ1n) is 10.1. The van der Waals surface area contributed by atoms with Crippen LogP contribution in [0.2, 0.25) is 0 Å². The normalized spacial score (nSPS) is 19.2. The minimum absolute atomic E-state index is 0.0420. The van der Waals surface area contributed by atoms with Gasteiger partial charge >= 0.3 is 6.03 Å². The molecule has 1 saturated heterocycles. The first kappa shape index (κ1) is 22.8. The van der Waals surface area contributed by atoms with E-state index in [2.05, 4.69) is 24.5 Å². The molecule has 0 spiro atoms. The molecule has 1 aliphatic heterocycles. The van der Waals surface area contributed by atoms with Crippen LogP contribution in [-0.2, 0) is 4.79 Å². The van der Waals surface area contributed by atoms with Crippen molar-refractivity contribution in [3.8, 4) is 11.5 Å². The minimum Gasteiger partial charge on any atom is -0.497 e. The molecule has 0 bridgehead atoms. The Hall–Kier alpha value is -2.44. The highest BCUT2D eigenvalue weighted by molar-refractivity contribution is 5.83. The third-order valence-corrected chi connectivity index (χ3v) is 4.95. The average Bonchev–Trinajstić information content (AvgIpc) is 3.09. The summed E-state index contributed by atoms with van der Waals surface area (Å²) in [7, 11) is 3.22. The van der Waals surface area contributed by atoms with Gasteiger partial charge in [-0.05, 0) is 44.9 Å². The summed E-state index contributed by atoms with van der Waals surface area (Å²) >= 11 is 0. The van der Waals surface area contributed by atoms with Gasteiger partial charge in [-0.15, -0.1) is 0 Å². The third-order valence-electron chi connectivity index (χ3n) is 4.95. The number of methoxy groups -OCH3 is 2. The molecular formula is C22H35N3O4. The van der Waals surface area contributed by atoms with Crippen molar-refractivity contribution in [2.24, 2.45) is 11.8 Å². The fraction of sp³-hybridized carbons (Fsp3) is 0.636. The van der Waals surface area contributed by atoms with Gasteiger partial charge in [0.15, 0.2) is 0 Å². The minimum atomic E-state index is -0.361. The highest BCUT2D eigenvalue weighted by Gasteiger charge is 2.42. The standard InChI is InChI=1S/C22H35N3O4/c1-14(2)11-23-20(26)18-13-25(21(27)24-22(3,4)5)12-17(18)16-10-15(28-6)8-9-19(16)29-7/h8-10,14,17-18H,11-13H2,1-7H3,(H,23,26)(H,24,27)/t17-,18+/m1/s1. The number of benzene rings is 1. The highest BCUT2D eigenvalue weighted by atomic mass is 16.5. The molecule has 0 aromatic heterocycles. The first-order valence-corrected chi connectivity index (χ1v) is 10.1. The summed E-state index contributed by atoms with van der Waals surface area (Å²) in [6.45, 7) is 11.3. The summed E-state index contributed by atoms with van der Waals surface area (Å²) in [5.74, 6) is 1.15. The molecule has 29 heavy (non-hydrogen) atoms. The van der Waals surface area contributed by atoms with E-state index < -0.39 is 0 Å². The Balaban J connectivity index is 2.35. The number of ether oxygens (including phenoxy) is 2. The Bertz CT molecular complexity index is 727. The van der Waals surface area contributed by atoms with Gasteiger partial charge < -0.3 is 25.0 Å². The third kappa shape index (κ3) is 6.02. The van der Waals surface area contributed by atoms with Crippen molar-refractivity contribution >= 4 is 11.9 Å². The van der Waals surface area contributed by atoms with Gasteiger partial charge in [0.2, 0.25) is 5.91 Å². The van der Waals surface area contributed by atoms with Crippen molar-refractivity contribution in [2.75, 3.05) is 33.9 Å². The van der Waals surface area contributed by atoms with Gasteiger partial charge in [-0.3, -0.25) is 4.79 Å². The van der Waals surface area contributed by atoms with Crippen molar-refractivity contribution in [1.82, 2.24) is 15.5 Å². The Labute approximate surface area is 174 Å². The Morgan fingerprint density at radius 1 is 1.17 bits per heavy atom. The second kappa shape index (κ2) is 9.37. The molecule has 162 valence electrons. The summed E-state index contributed by atoms with van der Waals surface area (Å²) in [6, 6.07) is 5.41. The zero-order valence-electron chi connectivity index (χ0n) is 18.7. The van der Waals surface area contributed by atoms with E-state index in [0.717, 1.165) is 5.56 Å². The Kier molecular flexibility index (Phi) is 7.38. The molecule has 0 radical (unpaired) electrons. The van der Waals surface area contributed by atoms with Crippen LogP contribution in [0.3, 0.4) is 0 Å². The molecular weight excluding hydrogens is 370 g/mol. The Morgan fingerprint density at radius 3 is 2.41 bits per heavy atom. The van der Waals surface area contributed by atoms with Gasteiger partial charge in [-0.2, -0.15) is 0 Å². The van der Waals surface area contributed by atoms with E-state index in [9.17, 15) is 9.59 Å².